The fraction of sp³-hybridized carbons (Fsp3) is 0.226. The number of carbonyl (C=O) groups is 2. The van der Waals surface area contributed by atoms with Gasteiger partial charge in [-0.25, -0.2) is 9.97 Å². The fourth-order valence-electron chi connectivity index (χ4n) is 7.05. The van der Waals surface area contributed by atoms with Crippen LogP contribution in [-0.2, 0) is 15.5 Å². The molecular formula is C31H24F2N5O2P. The van der Waals surface area contributed by atoms with E-state index in [1.165, 1.54) is 6.07 Å². The number of alkyl halides is 2. The lowest BCUT2D eigenvalue weighted by molar-refractivity contribution is -0.122. The van der Waals surface area contributed by atoms with Gasteiger partial charge in [-0.05, 0) is 71.7 Å². The van der Waals surface area contributed by atoms with Crippen molar-refractivity contribution in [3.63, 3.8) is 0 Å². The smallest absolute Gasteiger partial charge is 0.299 e. The largest absolute Gasteiger partial charge is 0.340 e. The summed E-state index contributed by atoms with van der Waals surface area (Å²) >= 11 is 0. The van der Waals surface area contributed by atoms with Gasteiger partial charge < -0.3 is 14.9 Å². The lowest BCUT2D eigenvalue weighted by atomic mass is 9.98. The third-order valence-corrected chi connectivity index (χ3v) is 9.60. The standard InChI is InChI=1S/C31H24F2N5O2P/c32-31(33)23-10-16(2-6-21(23)22-7-3-18(11-24(22)31)27-13-34-30(37-27)41-15-40)17-4-8-25-26(12-17)36-29(35-25)28-19-1-5-20(9-19)38(28)14-39/h2-4,6-8,10-15,19-20,28,41H,1,5,9H2,(H,34,37)(H,35,36)/t19-,20+,28-/m0/s1. The van der Waals surface area contributed by atoms with Gasteiger partial charge in [0.2, 0.25) is 6.41 Å². The molecule has 2 N–H and O–H groups in total. The Balaban J connectivity index is 1.13. The maximum Gasteiger partial charge on any atom is 0.299 e. The Morgan fingerprint density at radius 3 is 2.44 bits per heavy atom. The number of amides is 1. The van der Waals surface area contributed by atoms with Gasteiger partial charge in [0.15, 0.2) is 0 Å². The highest BCUT2D eigenvalue weighted by molar-refractivity contribution is 7.62. The van der Waals surface area contributed by atoms with Crippen molar-refractivity contribution in [1.29, 1.82) is 0 Å². The second-order valence-corrected chi connectivity index (χ2v) is 12.1. The molecule has 2 aliphatic carbocycles. The van der Waals surface area contributed by atoms with Gasteiger partial charge in [-0.2, -0.15) is 8.78 Å². The van der Waals surface area contributed by atoms with E-state index in [1.54, 1.807) is 30.5 Å². The number of nitrogens with one attached hydrogen (secondary N) is 2. The van der Waals surface area contributed by atoms with E-state index in [2.05, 4.69) is 15.0 Å². The summed E-state index contributed by atoms with van der Waals surface area (Å²) in [5.41, 5.74) is 5.78. The Morgan fingerprint density at radius 1 is 0.927 bits per heavy atom. The number of H-pyrrole nitrogens is 2. The Bertz CT molecular complexity index is 1880. The first-order chi connectivity index (χ1) is 19.9. The van der Waals surface area contributed by atoms with E-state index >= 15 is 8.78 Å². The molecule has 1 amide bonds. The number of halogens is 2. The van der Waals surface area contributed by atoms with Crippen LogP contribution < -0.4 is 5.57 Å². The van der Waals surface area contributed by atoms with E-state index in [9.17, 15) is 9.59 Å². The topological polar surface area (TPSA) is 94.7 Å². The van der Waals surface area contributed by atoms with E-state index < -0.39 is 5.92 Å². The first kappa shape index (κ1) is 24.6. The molecule has 1 unspecified atom stereocenters. The van der Waals surface area contributed by atoms with Crippen molar-refractivity contribution in [1.82, 2.24) is 24.8 Å². The number of rotatable bonds is 6. The minimum absolute atomic E-state index is 0.0242. The van der Waals surface area contributed by atoms with Crippen LogP contribution in [0.2, 0.25) is 0 Å². The van der Waals surface area contributed by atoms with E-state index in [-0.39, 0.29) is 25.7 Å². The summed E-state index contributed by atoms with van der Waals surface area (Å²) < 4.78 is 31.8. The summed E-state index contributed by atoms with van der Waals surface area (Å²) in [5.74, 6) is -1.97. The summed E-state index contributed by atoms with van der Waals surface area (Å²) in [6.45, 7) is 0. The molecule has 0 radical (unpaired) electrons. The lowest BCUT2D eigenvalue weighted by Gasteiger charge is -2.30. The minimum Gasteiger partial charge on any atom is -0.340 e. The number of hydrogen-bond acceptors (Lipinski definition) is 4. The molecular weight excluding hydrogens is 543 g/mol. The predicted molar refractivity (Wildman–Crippen MR) is 154 cm³/mol. The molecule has 2 aromatic heterocycles. The number of imidazole rings is 2. The van der Waals surface area contributed by atoms with E-state index in [4.69, 9.17) is 4.98 Å². The highest BCUT2D eigenvalue weighted by atomic mass is 31.1. The molecule has 8 rings (SSSR count). The van der Waals surface area contributed by atoms with Crippen molar-refractivity contribution in [3.8, 4) is 33.5 Å². The van der Waals surface area contributed by atoms with Crippen molar-refractivity contribution < 1.29 is 18.4 Å². The van der Waals surface area contributed by atoms with Gasteiger partial charge in [0.25, 0.3) is 5.92 Å². The van der Waals surface area contributed by atoms with Crippen LogP contribution in [0.5, 0.6) is 0 Å². The second kappa shape index (κ2) is 8.88. The number of aromatic nitrogens is 4. The molecule has 1 aliphatic heterocycles. The van der Waals surface area contributed by atoms with Crippen molar-refractivity contribution in [2.75, 3.05) is 0 Å². The summed E-state index contributed by atoms with van der Waals surface area (Å²) in [6, 6.07) is 17.0. The van der Waals surface area contributed by atoms with Gasteiger partial charge in [-0.15, -0.1) is 0 Å². The molecule has 2 fully saturated rings. The molecule has 10 heteroatoms. The van der Waals surface area contributed by atoms with Gasteiger partial charge in [0.1, 0.15) is 17.4 Å². The molecule has 7 nitrogen and oxygen atoms in total. The van der Waals surface area contributed by atoms with Crippen LogP contribution in [0.25, 0.3) is 44.5 Å². The third kappa shape index (κ3) is 3.65. The molecule has 204 valence electrons. The number of aromatic amines is 2. The van der Waals surface area contributed by atoms with Gasteiger partial charge in [-0.3, -0.25) is 9.59 Å². The van der Waals surface area contributed by atoms with Gasteiger partial charge in [0.05, 0.1) is 29.0 Å². The van der Waals surface area contributed by atoms with Crippen molar-refractivity contribution >= 4 is 37.6 Å². The summed E-state index contributed by atoms with van der Waals surface area (Å²) in [4.78, 5) is 39.9. The number of hydrogen-bond donors (Lipinski definition) is 2. The van der Waals surface area contributed by atoms with Crippen LogP contribution in [0.3, 0.4) is 0 Å². The molecule has 4 atom stereocenters. The third-order valence-electron chi connectivity index (χ3n) is 8.96. The number of nitrogens with zero attached hydrogens (tertiary/aromatic N) is 3. The number of likely N-dealkylation sites (tertiary alicyclic amines) is 1. The molecule has 3 heterocycles. The van der Waals surface area contributed by atoms with Crippen LogP contribution in [-0.4, -0.2) is 43.3 Å². The Labute approximate surface area is 235 Å². The van der Waals surface area contributed by atoms with E-state index in [0.717, 1.165) is 54.1 Å². The molecule has 41 heavy (non-hydrogen) atoms. The average molecular weight is 568 g/mol. The molecule has 1 saturated heterocycles. The zero-order chi connectivity index (χ0) is 27.9. The van der Waals surface area contributed by atoms with Crippen LogP contribution in [0.4, 0.5) is 8.78 Å². The number of fused-ring (bicyclic) bond motifs is 6. The molecule has 2 bridgehead atoms. The maximum absolute atomic E-state index is 15.9. The van der Waals surface area contributed by atoms with Crippen LogP contribution in [0.1, 0.15) is 42.3 Å². The van der Waals surface area contributed by atoms with Crippen molar-refractivity contribution in [3.05, 3.63) is 77.7 Å². The number of benzene rings is 3. The quantitative estimate of drug-likeness (QED) is 0.197. The zero-order valence-corrected chi connectivity index (χ0v) is 22.7. The Morgan fingerprint density at radius 2 is 1.66 bits per heavy atom. The van der Waals surface area contributed by atoms with Crippen LogP contribution in [0, 0.1) is 5.92 Å². The monoisotopic (exact) mass is 567 g/mol. The van der Waals surface area contributed by atoms with Crippen LogP contribution in [0.15, 0.2) is 60.8 Å². The predicted octanol–water partition coefficient (Wildman–Crippen LogP) is 5.92. The number of carbonyl (C=O) groups excluding carboxylic acids is 2. The Kier molecular flexibility index (Phi) is 5.32. The molecule has 3 aromatic carbocycles. The molecule has 5 aromatic rings. The fourth-order valence-corrected chi connectivity index (χ4v) is 7.51. The number of piperidine rings is 1. The summed E-state index contributed by atoms with van der Waals surface area (Å²) in [6.07, 6.45) is 5.67. The molecule has 3 aliphatic rings. The first-order valence-electron chi connectivity index (χ1n) is 13.6. The van der Waals surface area contributed by atoms with E-state index in [1.807, 2.05) is 29.2 Å². The maximum atomic E-state index is 15.9. The lowest BCUT2D eigenvalue weighted by Crippen LogP contribution is -2.34. The SMILES string of the molecule is O=CPc1ncc(-c2ccc3c(c2)C(F)(F)c2cc(-c4ccc5nc([C@@H]6[C@H]7CC[C@H](C7)N6C=O)[nH]c5c4)ccc2-3)[nH]1. The highest BCUT2D eigenvalue weighted by Gasteiger charge is 2.47. The highest BCUT2D eigenvalue weighted by Crippen LogP contribution is 2.53. The molecule has 1 saturated carbocycles. The zero-order valence-electron chi connectivity index (χ0n) is 21.7. The van der Waals surface area contributed by atoms with Crippen molar-refractivity contribution in [2.45, 2.75) is 37.3 Å². The van der Waals surface area contributed by atoms with Crippen molar-refractivity contribution in [2.24, 2.45) is 5.92 Å². The Hall–Kier alpha value is -4.23. The van der Waals surface area contributed by atoms with Gasteiger partial charge in [0, 0.05) is 31.3 Å². The normalized spacial score (nSPS) is 22.1. The van der Waals surface area contributed by atoms with Gasteiger partial charge >= 0.3 is 0 Å². The summed E-state index contributed by atoms with van der Waals surface area (Å²) in [5, 5.41) is 0. The molecule has 0 spiro atoms. The second-order valence-electron chi connectivity index (χ2n) is 11.1. The average Bonchev–Trinajstić information content (AvgIpc) is 3.81. The summed E-state index contributed by atoms with van der Waals surface area (Å²) in [7, 11) is -0.115. The van der Waals surface area contributed by atoms with Gasteiger partial charge in [-0.1, -0.05) is 30.3 Å². The minimum atomic E-state index is -3.17. The van der Waals surface area contributed by atoms with E-state index in [0.29, 0.717) is 45.5 Å². The van der Waals surface area contributed by atoms with Crippen LogP contribution >= 0.6 is 8.58 Å². The first-order valence-corrected chi connectivity index (χ1v) is 14.7.